The van der Waals surface area contributed by atoms with Gasteiger partial charge in [0.05, 0.1) is 135 Å². The number of benzene rings is 7. The summed E-state index contributed by atoms with van der Waals surface area (Å²) in [5.74, 6) is -4.71. The smallest absolute Gasteiger partial charge is 0.416 e. The first-order valence-electron chi connectivity index (χ1n) is 46.5. The van der Waals surface area contributed by atoms with Gasteiger partial charge >= 0.3 is 54.7 Å². The molecular weight excluding hydrogens is 1890 g/mol. The van der Waals surface area contributed by atoms with Crippen LogP contribution in [0.5, 0.6) is 11.5 Å². The average Bonchev–Trinajstić information content (AvgIpc) is 1.75. The zero-order valence-corrected chi connectivity index (χ0v) is 79.3. The first-order chi connectivity index (χ1) is 67.7. The molecule has 756 valence electrons. The Bertz CT molecular complexity index is 6520. The molecule has 0 bridgehead atoms. The van der Waals surface area contributed by atoms with Gasteiger partial charge in [-0.05, 0) is 241 Å². The van der Waals surface area contributed by atoms with Gasteiger partial charge < -0.3 is 58.4 Å². The van der Waals surface area contributed by atoms with E-state index in [2.05, 4.69) is 19.9 Å². The molecule has 7 aromatic carbocycles. The van der Waals surface area contributed by atoms with Crippen LogP contribution in [0.2, 0.25) is 0 Å². The lowest BCUT2D eigenvalue weighted by atomic mass is 9.78. The summed E-state index contributed by atoms with van der Waals surface area (Å²) in [6.07, 6.45) is -9.76. The van der Waals surface area contributed by atoms with Crippen LogP contribution in [0.15, 0.2) is 146 Å². The van der Waals surface area contributed by atoms with Crippen LogP contribution in [0.3, 0.4) is 0 Å². The van der Waals surface area contributed by atoms with Crippen molar-refractivity contribution >= 4 is 54.0 Å². The Morgan fingerprint density at radius 3 is 1.16 bits per heavy atom. The summed E-state index contributed by atoms with van der Waals surface area (Å²) < 4.78 is 213. The molecule has 0 radical (unpaired) electrons. The average molecular weight is 2000 g/mol. The Morgan fingerprint density at radius 2 is 0.811 bits per heavy atom. The van der Waals surface area contributed by atoms with Crippen LogP contribution in [0.1, 0.15) is 196 Å². The van der Waals surface area contributed by atoms with E-state index in [9.17, 15) is 96.8 Å². The van der Waals surface area contributed by atoms with E-state index < -0.39 is 139 Å². The number of cyclic esters (lactones) is 3. The number of rotatable bonds is 24. The molecule has 3 N–H and O–H groups in total. The monoisotopic (exact) mass is 1990 g/mol. The number of hydrogen-bond donors (Lipinski definition) is 3. The first kappa shape index (κ1) is 102. The number of aliphatic carboxylic acids is 2. The number of carbonyl (C=O) groups excluding carboxylic acids is 3. The first-order valence-corrected chi connectivity index (χ1v) is 46.5. The predicted molar refractivity (Wildman–Crippen MR) is 496 cm³/mol. The third kappa shape index (κ3) is 22.2. The second-order valence-electron chi connectivity index (χ2n) is 37.7. The number of halogens is 13. The van der Waals surface area contributed by atoms with Crippen LogP contribution in [0, 0.1) is 45.3 Å². The van der Waals surface area contributed by atoms with Gasteiger partial charge in [0.2, 0.25) is 17.8 Å². The highest BCUT2D eigenvalue weighted by atomic mass is 19.4. The van der Waals surface area contributed by atoms with E-state index in [1.54, 1.807) is 85.2 Å². The fraction of sp³-hybridized carbons (Fsp3) is 0.417. The highest BCUT2D eigenvalue weighted by molar-refractivity contribution is 5.89. The highest BCUT2D eigenvalue weighted by Crippen LogP contribution is 2.49. The van der Waals surface area contributed by atoms with Crippen molar-refractivity contribution in [3.63, 3.8) is 0 Å². The molecule has 2 saturated carbocycles. The van der Waals surface area contributed by atoms with Gasteiger partial charge in [-0.2, -0.15) is 39.5 Å². The van der Waals surface area contributed by atoms with Crippen molar-refractivity contribution in [2.45, 2.75) is 204 Å². The largest absolute Gasteiger partial charge is 0.496 e. The van der Waals surface area contributed by atoms with Gasteiger partial charge in [-0.1, -0.05) is 59.2 Å². The molecule has 40 heteroatoms. The third-order valence-corrected chi connectivity index (χ3v) is 27.8. The van der Waals surface area contributed by atoms with Crippen molar-refractivity contribution in [2.24, 2.45) is 11.8 Å². The lowest BCUT2D eigenvalue weighted by Gasteiger charge is -2.38. The molecule has 10 aromatic rings. The molecule has 18 rings (SSSR count). The Labute approximate surface area is 813 Å². The standard InChI is InChI=1S/C35H39F3N4O6.C34H28F6N4O4.C34H36F4N4O5/c1-19-11-24(13-25(12-19)35(36,37)38)31-20(2)42(34(45)48-31)18-29-28(15-39-33(40-29)41-16-26(17-41)46-3)27-14-23(9-10-30(27)47-4)21-5-7-22(8-6-21)32(43)44;1-17-8-22(11-23(9-17)34(38,39)40)29-19(3)44(32(47)48-29)14-28-26(13-41-31(42-28)43-15-33(36,37)16-43)20-5-7-27(35)25(12-20)24-6-4-21(30(45)46)10-18(24)2;1-18-10-23(12-24(11-18)34(36,37)38)30-19(2)42(33(45)47-30)17-28-27(14-39-32(40-28)41-15-25(35)16-41)26-13-22(8-9-29(26)46-3)20-4-6-21(7-5-20)31(43)44/h9-15,20-22,26,31H,5-8,16-18H2,1-4H3,(H,43,44);4-13,19,29H,14-16H2,1-3H3,(H,45,46);8-14,19-21,25,30H,4-7,15-17H2,1-3H3,(H,43,44)/t20-,21?,22?,31-;19-,29-;19-,20?,21?,30-/m000/s1. The third-order valence-electron chi connectivity index (χ3n) is 27.8. The lowest BCUT2D eigenvalue weighted by Crippen LogP contribution is -2.57. The SMILES string of the molecule is COc1ccc(C2CCC(C(=O)O)CC2)cc1-c1cnc(N2CC(F)C2)nc1CN1C(=O)O[C@H](c2cc(C)cc(C(F)(F)F)c2)[C@@H]1C.COc1ccc(C2CCC(C(=O)O)CC2)cc1-c1cnc(N2CC(OC)C2)nc1CN1C(=O)O[C@H](c2cc(C)cc(C(F)(F)F)c2)[C@@H]1C.Cc1cc([C@H]2OC(=O)N(Cc3nc(N4CC(F)(F)C4)ncc3-c3ccc(F)c(-c4ccc(C(=O)O)cc4C)c3)[C@H]2C)cc(C(F)(F)F)c1. The fourth-order valence-electron chi connectivity index (χ4n) is 19.8. The minimum Gasteiger partial charge on any atom is -0.496 e. The van der Waals surface area contributed by atoms with Crippen LogP contribution < -0.4 is 24.2 Å². The zero-order chi connectivity index (χ0) is 103. The number of methoxy groups -OCH3 is 3. The number of hydrogen-bond acceptors (Lipinski definition) is 21. The molecule has 3 aromatic heterocycles. The van der Waals surface area contributed by atoms with Crippen LogP contribution in [-0.2, 0) is 66.7 Å². The van der Waals surface area contributed by atoms with Crippen LogP contribution >= 0.6 is 0 Å². The maximum Gasteiger partial charge on any atom is 0.416 e. The number of nitrogens with zero attached hydrogens (tertiary/aromatic N) is 12. The Hall–Kier alpha value is -14.0. The van der Waals surface area contributed by atoms with E-state index in [-0.39, 0.29) is 102 Å². The van der Waals surface area contributed by atoms with E-state index in [4.69, 9.17) is 38.4 Å². The quantitative estimate of drug-likeness (QED) is 0.0374. The summed E-state index contributed by atoms with van der Waals surface area (Å²) >= 11 is 0. The molecule has 9 heterocycles. The topological polar surface area (TPSA) is 315 Å². The summed E-state index contributed by atoms with van der Waals surface area (Å²) in [4.78, 5) is 111. The predicted octanol–water partition coefficient (Wildman–Crippen LogP) is 21.7. The Balaban J connectivity index is 0.000000154. The van der Waals surface area contributed by atoms with Crippen molar-refractivity contribution in [2.75, 3.05) is 75.3 Å². The van der Waals surface area contributed by atoms with Crippen molar-refractivity contribution in [1.82, 2.24) is 44.6 Å². The molecule has 27 nitrogen and oxygen atoms in total. The van der Waals surface area contributed by atoms with Gasteiger partial charge in [0.15, 0.2) is 0 Å². The number of amides is 3. The minimum absolute atomic E-state index is 0.0119. The maximum absolute atomic E-state index is 15.2. The zero-order valence-electron chi connectivity index (χ0n) is 79.3. The van der Waals surface area contributed by atoms with Gasteiger partial charge in [0.1, 0.15) is 41.8 Å². The number of carboxylic acid groups (broad SMARTS) is 3. The van der Waals surface area contributed by atoms with Crippen molar-refractivity contribution < 1.29 is 130 Å². The second-order valence-corrected chi connectivity index (χ2v) is 37.7. The molecule has 8 aliphatic rings. The molecular formula is C103H103F13N12O15. The molecule has 8 fully saturated rings. The van der Waals surface area contributed by atoms with E-state index in [0.717, 1.165) is 78.8 Å². The van der Waals surface area contributed by atoms with Gasteiger partial charge in [-0.25, -0.2) is 66.6 Å². The number of aryl methyl sites for hydroxylation is 4. The molecule has 3 amide bonds. The number of alkyl halides is 12. The van der Waals surface area contributed by atoms with Crippen molar-refractivity contribution in [1.29, 1.82) is 0 Å². The van der Waals surface area contributed by atoms with Crippen LogP contribution in [0.4, 0.5) is 89.3 Å². The van der Waals surface area contributed by atoms with Gasteiger partial charge in [-0.15, -0.1) is 0 Å². The van der Waals surface area contributed by atoms with Crippen molar-refractivity contribution in [3.05, 3.63) is 241 Å². The molecule has 0 spiro atoms. The number of carboxylic acids is 3. The van der Waals surface area contributed by atoms with Gasteiger partial charge in [0.25, 0.3) is 5.92 Å². The summed E-state index contributed by atoms with van der Waals surface area (Å²) in [7, 11) is 4.75. The number of ether oxygens (including phenoxy) is 6. The molecule has 6 aliphatic heterocycles. The van der Waals surface area contributed by atoms with Crippen molar-refractivity contribution in [3.8, 4) is 56.0 Å². The summed E-state index contributed by atoms with van der Waals surface area (Å²) in [6, 6.07) is 28.9. The molecule has 2 aliphatic carbocycles. The van der Waals surface area contributed by atoms with Gasteiger partial charge in [0, 0.05) is 72.2 Å². The molecule has 143 heavy (non-hydrogen) atoms. The number of aromatic carboxylic acids is 1. The van der Waals surface area contributed by atoms with E-state index in [0.29, 0.717) is 129 Å². The lowest BCUT2D eigenvalue weighted by molar-refractivity contribution is -0.143. The second kappa shape index (κ2) is 40.8. The molecule has 6 saturated heterocycles. The van der Waals surface area contributed by atoms with Crippen LogP contribution in [-0.4, -0.2) is 193 Å². The number of carbonyl (C=O) groups is 6. The highest BCUT2D eigenvalue weighted by Gasteiger charge is 2.49. The van der Waals surface area contributed by atoms with E-state index >= 15 is 4.39 Å². The summed E-state index contributed by atoms with van der Waals surface area (Å²) in [5.41, 5.74) is 6.98. The number of aromatic nitrogens is 6. The minimum atomic E-state index is -4.61. The fourth-order valence-corrected chi connectivity index (χ4v) is 19.8. The van der Waals surface area contributed by atoms with E-state index in [1.807, 2.05) is 41.3 Å². The Morgan fingerprint density at radius 1 is 0.434 bits per heavy atom. The van der Waals surface area contributed by atoms with E-state index in [1.165, 1.54) is 82.3 Å². The molecule has 0 unspecified atom stereocenters. The maximum atomic E-state index is 15.2. The normalized spacial score (nSPS) is 21.8. The summed E-state index contributed by atoms with van der Waals surface area (Å²) in [6.45, 7) is 11.3. The summed E-state index contributed by atoms with van der Waals surface area (Å²) in [5, 5.41) is 28.2. The Kier molecular flexibility index (Phi) is 29.1. The number of anilines is 3. The van der Waals surface area contributed by atoms with Crippen LogP contribution in [0.25, 0.3) is 44.5 Å². The van der Waals surface area contributed by atoms with Gasteiger partial charge in [-0.3, -0.25) is 24.3 Å². The molecule has 6 atom stereocenters.